The van der Waals surface area contributed by atoms with Crippen molar-refractivity contribution in [3.63, 3.8) is 0 Å². The molecule has 2 fully saturated rings. The molecule has 1 aliphatic heterocycles. The van der Waals surface area contributed by atoms with Gasteiger partial charge in [-0.15, -0.1) is 0 Å². The van der Waals surface area contributed by atoms with Crippen LogP contribution in [0.3, 0.4) is 0 Å². The van der Waals surface area contributed by atoms with Crippen molar-refractivity contribution in [1.82, 2.24) is 9.62 Å². The maximum Gasteiger partial charge on any atom is 0.211 e. The minimum atomic E-state index is -3.21. The number of hydrogen-bond donors (Lipinski definition) is 1. The lowest BCUT2D eigenvalue weighted by Gasteiger charge is -2.39. The molecule has 2 atom stereocenters. The Bertz CT molecular complexity index is 1180. The summed E-state index contributed by atoms with van der Waals surface area (Å²) in [5.74, 6) is 1.70. The van der Waals surface area contributed by atoms with E-state index in [-0.39, 0.29) is 12.3 Å². The van der Waals surface area contributed by atoms with E-state index >= 15 is 0 Å². The fourth-order valence-corrected chi connectivity index (χ4v) is 7.21. The van der Waals surface area contributed by atoms with E-state index < -0.39 is 10.0 Å². The zero-order valence-corrected chi connectivity index (χ0v) is 21.1. The number of aryl methyl sites for hydroxylation is 1. The smallest absolute Gasteiger partial charge is 0.211 e. The van der Waals surface area contributed by atoms with E-state index in [0.717, 1.165) is 50.9 Å². The monoisotopic (exact) mass is 493 g/mol. The number of nitriles is 1. The van der Waals surface area contributed by atoms with Crippen molar-refractivity contribution < 1.29 is 13.2 Å². The molecule has 2 aromatic rings. The van der Waals surface area contributed by atoms with E-state index in [1.54, 1.807) is 0 Å². The van der Waals surface area contributed by atoms with Crippen LogP contribution in [-0.4, -0.2) is 51.4 Å². The summed E-state index contributed by atoms with van der Waals surface area (Å²) in [6.45, 7) is 2.91. The van der Waals surface area contributed by atoms with Crippen LogP contribution in [0.4, 0.5) is 0 Å². The van der Waals surface area contributed by atoms with Gasteiger partial charge >= 0.3 is 0 Å². The Balaban J connectivity index is 1.31. The van der Waals surface area contributed by atoms with Gasteiger partial charge in [0.05, 0.1) is 17.4 Å². The second-order valence-corrected chi connectivity index (χ2v) is 12.2. The SMILES string of the molecule is N#Cc1cccc(CC2c3cc(OCCNS(=O)(=O)CC4CC4)ccc3CCC2N2CCCC2)c1. The molecule has 0 bridgehead atoms. The molecule has 5 rings (SSSR count). The van der Waals surface area contributed by atoms with E-state index in [9.17, 15) is 13.7 Å². The van der Waals surface area contributed by atoms with Crippen LogP contribution in [0, 0.1) is 17.2 Å². The average molecular weight is 494 g/mol. The van der Waals surface area contributed by atoms with Gasteiger partial charge in [-0.2, -0.15) is 5.26 Å². The molecule has 35 heavy (non-hydrogen) atoms. The first-order valence-corrected chi connectivity index (χ1v) is 14.6. The zero-order valence-electron chi connectivity index (χ0n) is 20.3. The third kappa shape index (κ3) is 6.24. The summed E-state index contributed by atoms with van der Waals surface area (Å²) in [7, 11) is -3.21. The van der Waals surface area contributed by atoms with Gasteiger partial charge in [0.1, 0.15) is 12.4 Å². The Hall–Kier alpha value is -2.40. The maximum atomic E-state index is 12.1. The summed E-state index contributed by atoms with van der Waals surface area (Å²) in [5.41, 5.74) is 4.61. The summed E-state index contributed by atoms with van der Waals surface area (Å²) in [6, 6.07) is 17.1. The zero-order chi connectivity index (χ0) is 24.3. The van der Waals surface area contributed by atoms with Gasteiger partial charge in [-0.3, -0.25) is 4.90 Å². The molecule has 1 saturated heterocycles. The second kappa shape index (κ2) is 10.7. The summed E-state index contributed by atoms with van der Waals surface area (Å²) in [4.78, 5) is 2.66. The van der Waals surface area contributed by atoms with Crippen LogP contribution in [0.2, 0.25) is 0 Å². The van der Waals surface area contributed by atoms with Crippen LogP contribution >= 0.6 is 0 Å². The fraction of sp³-hybridized carbons (Fsp3) is 0.536. The van der Waals surface area contributed by atoms with E-state index in [1.165, 1.54) is 29.5 Å². The molecule has 1 heterocycles. The molecular weight excluding hydrogens is 458 g/mol. The van der Waals surface area contributed by atoms with E-state index in [0.29, 0.717) is 30.0 Å². The molecule has 2 unspecified atom stereocenters. The first-order chi connectivity index (χ1) is 17.0. The molecule has 0 amide bonds. The van der Waals surface area contributed by atoms with Crippen LogP contribution in [-0.2, 0) is 22.9 Å². The molecule has 3 aliphatic rings. The third-order valence-electron chi connectivity index (χ3n) is 7.66. The van der Waals surface area contributed by atoms with E-state index in [4.69, 9.17) is 4.74 Å². The predicted molar refractivity (Wildman–Crippen MR) is 137 cm³/mol. The summed E-state index contributed by atoms with van der Waals surface area (Å²) >= 11 is 0. The van der Waals surface area contributed by atoms with Crippen molar-refractivity contribution in [2.24, 2.45) is 5.92 Å². The fourth-order valence-electron chi connectivity index (χ4n) is 5.75. The quantitative estimate of drug-likeness (QED) is 0.506. The average Bonchev–Trinajstić information content (AvgIpc) is 3.49. The largest absolute Gasteiger partial charge is 0.492 e. The van der Waals surface area contributed by atoms with Crippen LogP contribution in [0.15, 0.2) is 42.5 Å². The molecule has 6 nitrogen and oxygen atoms in total. The van der Waals surface area contributed by atoms with Crippen LogP contribution < -0.4 is 9.46 Å². The summed E-state index contributed by atoms with van der Waals surface area (Å²) in [6.07, 6.45) is 7.68. The number of benzene rings is 2. The molecular formula is C28H35N3O3S. The minimum absolute atomic E-state index is 0.235. The third-order valence-corrected chi connectivity index (χ3v) is 9.21. The normalized spacial score (nSPS) is 22.5. The van der Waals surface area contributed by atoms with Gasteiger partial charge in [0, 0.05) is 18.5 Å². The van der Waals surface area contributed by atoms with Crippen molar-refractivity contribution in [3.05, 3.63) is 64.7 Å². The van der Waals surface area contributed by atoms with Crippen LogP contribution in [0.1, 0.15) is 60.3 Å². The van der Waals surface area contributed by atoms with Gasteiger partial charge in [0.25, 0.3) is 0 Å². The van der Waals surface area contributed by atoms with Crippen molar-refractivity contribution in [1.29, 1.82) is 5.26 Å². The lowest BCUT2D eigenvalue weighted by atomic mass is 9.75. The topological polar surface area (TPSA) is 82.4 Å². The minimum Gasteiger partial charge on any atom is -0.492 e. The standard InChI is InChI=1S/C28H35N3O3S/c29-19-23-5-3-4-22(16-23)17-27-26-18-25(34-15-12-30-35(32,33)20-21-6-7-21)10-8-24(26)9-11-28(27)31-13-1-2-14-31/h3-5,8,10,16,18,21,27-28,30H,1-2,6-7,9,11-15,17,20H2. The lowest BCUT2D eigenvalue weighted by molar-refractivity contribution is 0.188. The van der Waals surface area contributed by atoms with Crippen molar-refractivity contribution in [3.8, 4) is 11.8 Å². The summed E-state index contributed by atoms with van der Waals surface area (Å²) < 4.78 is 32.9. The first kappa shape index (κ1) is 24.3. The Morgan fingerprint density at radius 1 is 1.09 bits per heavy atom. The van der Waals surface area contributed by atoms with Gasteiger partial charge in [0.2, 0.25) is 10.0 Å². The number of ether oxygens (including phenoxy) is 1. The Morgan fingerprint density at radius 2 is 1.91 bits per heavy atom. The van der Waals surface area contributed by atoms with Gasteiger partial charge in [-0.05, 0) is 105 Å². The Kier molecular flexibility index (Phi) is 7.43. The lowest BCUT2D eigenvalue weighted by Crippen LogP contribution is -2.41. The summed E-state index contributed by atoms with van der Waals surface area (Å²) in [5, 5.41) is 9.37. The highest BCUT2D eigenvalue weighted by Crippen LogP contribution is 2.40. The molecule has 1 saturated carbocycles. The molecule has 1 N–H and O–H groups in total. The van der Waals surface area contributed by atoms with E-state index in [1.807, 2.05) is 24.3 Å². The number of hydrogen-bond acceptors (Lipinski definition) is 5. The molecule has 186 valence electrons. The predicted octanol–water partition coefficient (Wildman–Crippen LogP) is 4.00. The van der Waals surface area contributed by atoms with Crippen LogP contribution in [0.5, 0.6) is 5.75 Å². The highest BCUT2D eigenvalue weighted by Gasteiger charge is 2.35. The number of likely N-dealkylation sites (tertiary alicyclic amines) is 1. The van der Waals surface area contributed by atoms with E-state index in [2.05, 4.69) is 33.9 Å². The number of nitrogens with zero attached hydrogens (tertiary/aromatic N) is 2. The number of sulfonamides is 1. The number of nitrogens with one attached hydrogen (secondary N) is 1. The highest BCUT2D eigenvalue weighted by atomic mass is 32.2. The second-order valence-electron chi connectivity index (χ2n) is 10.3. The van der Waals surface area contributed by atoms with Gasteiger partial charge < -0.3 is 4.74 Å². The van der Waals surface area contributed by atoms with Crippen molar-refractivity contribution in [2.75, 3.05) is 32.0 Å². The molecule has 0 spiro atoms. The Labute approximate surface area is 209 Å². The molecule has 2 aliphatic carbocycles. The Morgan fingerprint density at radius 3 is 2.69 bits per heavy atom. The van der Waals surface area contributed by atoms with Gasteiger partial charge in [-0.1, -0.05) is 18.2 Å². The highest BCUT2D eigenvalue weighted by molar-refractivity contribution is 7.89. The molecule has 0 radical (unpaired) electrons. The van der Waals surface area contributed by atoms with Crippen LogP contribution in [0.25, 0.3) is 0 Å². The maximum absolute atomic E-state index is 12.1. The molecule has 0 aromatic heterocycles. The van der Waals surface area contributed by atoms with Crippen molar-refractivity contribution in [2.45, 2.75) is 56.9 Å². The van der Waals surface area contributed by atoms with Gasteiger partial charge in [0.15, 0.2) is 0 Å². The number of fused-ring (bicyclic) bond motifs is 1. The number of rotatable bonds is 10. The molecule has 2 aromatic carbocycles. The van der Waals surface area contributed by atoms with Gasteiger partial charge in [-0.25, -0.2) is 13.1 Å². The first-order valence-electron chi connectivity index (χ1n) is 13.0. The van der Waals surface area contributed by atoms with Crippen molar-refractivity contribution >= 4 is 10.0 Å². The molecule has 7 heteroatoms.